The number of carbonyl (C=O) groups is 3. The van der Waals surface area contributed by atoms with Crippen LogP contribution >= 0.6 is 11.8 Å². The van der Waals surface area contributed by atoms with Gasteiger partial charge in [-0.25, -0.2) is 4.98 Å². The Morgan fingerprint density at radius 1 is 0.842 bits per heavy atom. The van der Waals surface area contributed by atoms with Crippen LogP contribution in [-0.2, 0) is 4.79 Å². The van der Waals surface area contributed by atoms with E-state index in [9.17, 15) is 14.4 Å². The molecule has 1 amide bonds. The van der Waals surface area contributed by atoms with Crippen molar-refractivity contribution in [2.75, 3.05) is 18.2 Å². The number of nitrogens with zero attached hydrogens (tertiary/aromatic N) is 2. The number of imidazole rings is 1. The minimum absolute atomic E-state index is 0.103. The Hall–Kier alpha value is -4.69. The molecule has 1 heterocycles. The molecule has 0 fully saturated rings. The number of fused-ring (bicyclic) bond motifs is 3. The summed E-state index contributed by atoms with van der Waals surface area (Å²) in [7, 11) is 1.62. The van der Waals surface area contributed by atoms with Crippen LogP contribution in [0.15, 0.2) is 96.2 Å². The SMILES string of the molecule is COc1ccc(-n2c(SCC(=O)Nc3ccc4c(c3)C(=O)c3ccccc3C4=O)nc3ccccc32)cc1. The lowest BCUT2D eigenvalue weighted by molar-refractivity contribution is -0.113. The van der Waals surface area contributed by atoms with Gasteiger partial charge >= 0.3 is 0 Å². The highest BCUT2D eigenvalue weighted by Gasteiger charge is 2.29. The smallest absolute Gasteiger partial charge is 0.234 e. The Labute approximate surface area is 222 Å². The summed E-state index contributed by atoms with van der Waals surface area (Å²) in [5, 5.41) is 3.53. The molecular weight excluding hydrogens is 498 g/mol. The van der Waals surface area contributed by atoms with E-state index in [1.54, 1.807) is 49.6 Å². The summed E-state index contributed by atoms with van der Waals surface area (Å²) >= 11 is 1.31. The molecule has 0 unspecified atom stereocenters. The fourth-order valence-corrected chi connectivity index (χ4v) is 5.41. The summed E-state index contributed by atoms with van der Waals surface area (Å²) in [5.74, 6) is 0.181. The molecule has 38 heavy (non-hydrogen) atoms. The average Bonchev–Trinajstić information content (AvgIpc) is 3.33. The van der Waals surface area contributed by atoms with Crippen molar-refractivity contribution in [2.24, 2.45) is 0 Å². The second kappa shape index (κ2) is 9.64. The first-order chi connectivity index (χ1) is 18.5. The van der Waals surface area contributed by atoms with Gasteiger partial charge < -0.3 is 10.1 Å². The van der Waals surface area contributed by atoms with Crippen molar-refractivity contribution in [3.8, 4) is 11.4 Å². The number of methoxy groups -OCH3 is 1. The van der Waals surface area contributed by atoms with Crippen molar-refractivity contribution in [1.29, 1.82) is 0 Å². The number of ketones is 2. The lowest BCUT2D eigenvalue weighted by Gasteiger charge is -2.18. The first kappa shape index (κ1) is 23.7. The molecule has 1 aliphatic rings. The Bertz CT molecular complexity index is 1740. The third kappa shape index (κ3) is 4.14. The molecule has 1 N–H and O–H groups in total. The number of hydrogen-bond acceptors (Lipinski definition) is 6. The van der Waals surface area contributed by atoms with E-state index >= 15 is 0 Å². The number of ether oxygens (including phenoxy) is 1. The van der Waals surface area contributed by atoms with Gasteiger partial charge in [0, 0.05) is 33.6 Å². The van der Waals surface area contributed by atoms with E-state index in [0.29, 0.717) is 33.1 Å². The van der Waals surface area contributed by atoms with E-state index < -0.39 is 0 Å². The molecule has 7 nitrogen and oxygen atoms in total. The van der Waals surface area contributed by atoms with Crippen molar-refractivity contribution in [2.45, 2.75) is 5.16 Å². The molecule has 4 aromatic carbocycles. The van der Waals surface area contributed by atoms with Crippen molar-refractivity contribution in [3.05, 3.63) is 113 Å². The van der Waals surface area contributed by atoms with Crippen LogP contribution in [-0.4, -0.2) is 39.9 Å². The van der Waals surface area contributed by atoms with Gasteiger partial charge in [-0.05, 0) is 54.6 Å². The van der Waals surface area contributed by atoms with Gasteiger partial charge in [0.2, 0.25) is 5.91 Å². The van der Waals surface area contributed by atoms with E-state index in [1.165, 1.54) is 11.8 Å². The van der Waals surface area contributed by atoms with Crippen LogP contribution in [0.25, 0.3) is 16.7 Å². The predicted octanol–water partition coefficient (Wildman–Crippen LogP) is 5.54. The number of thioether (sulfide) groups is 1. The van der Waals surface area contributed by atoms with Crippen molar-refractivity contribution in [3.63, 3.8) is 0 Å². The van der Waals surface area contributed by atoms with Crippen LogP contribution in [0.4, 0.5) is 5.69 Å². The molecule has 8 heteroatoms. The van der Waals surface area contributed by atoms with Gasteiger partial charge in [-0.2, -0.15) is 0 Å². The minimum Gasteiger partial charge on any atom is -0.497 e. The zero-order valence-corrected chi connectivity index (χ0v) is 21.1. The number of aromatic nitrogens is 2. The first-order valence-corrected chi connectivity index (χ1v) is 12.9. The van der Waals surface area contributed by atoms with E-state index in [-0.39, 0.29) is 23.2 Å². The zero-order valence-electron chi connectivity index (χ0n) is 20.3. The monoisotopic (exact) mass is 519 g/mol. The van der Waals surface area contributed by atoms with Crippen LogP contribution in [0.1, 0.15) is 31.8 Å². The standard InChI is InChI=1S/C30H21N3O4S/c1-37-20-13-11-19(12-14-20)33-26-9-5-4-8-25(26)32-30(33)38-17-27(34)31-18-10-15-23-24(16-18)29(36)22-7-3-2-6-21(22)28(23)35/h2-16H,17H2,1H3,(H,31,34). The third-order valence-electron chi connectivity index (χ3n) is 6.40. The van der Waals surface area contributed by atoms with E-state index in [1.807, 2.05) is 53.1 Å². The Morgan fingerprint density at radius 3 is 2.24 bits per heavy atom. The molecule has 0 saturated carbocycles. The molecule has 0 radical (unpaired) electrons. The van der Waals surface area contributed by atoms with Crippen LogP contribution in [0.3, 0.4) is 0 Å². The fraction of sp³-hybridized carbons (Fsp3) is 0.0667. The van der Waals surface area contributed by atoms with Crippen LogP contribution in [0.2, 0.25) is 0 Å². The molecule has 0 spiro atoms. The van der Waals surface area contributed by atoms with Gasteiger partial charge in [0.15, 0.2) is 16.7 Å². The van der Waals surface area contributed by atoms with E-state index in [4.69, 9.17) is 9.72 Å². The maximum Gasteiger partial charge on any atom is 0.234 e. The molecule has 1 aromatic heterocycles. The Morgan fingerprint density at radius 2 is 1.50 bits per heavy atom. The van der Waals surface area contributed by atoms with Gasteiger partial charge in [0.1, 0.15) is 5.75 Å². The number of benzene rings is 4. The second-order valence-corrected chi connectivity index (χ2v) is 9.66. The number of amides is 1. The summed E-state index contributed by atoms with van der Waals surface area (Å²) < 4.78 is 7.29. The molecule has 0 aliphatic heterocycles. The number of hydrogen-bond donors (Lipinski definition) is 1. The molecular formula is C30H21N3O4S. The quantitative estimate of drug-likeness (QED) is 0.291. The van der Waals surface area contributed by atoms with E-state index in [0.717, 1.165) is 22.5 Å². The van der Waals surface area contributed by atoms with Crippen LogP contribution in [0.5, 0.6) is 5.75 Å². The number of para-hydroxylation sites is 2. The predicted molar refractivity (Wildman–Crippen MR) is 147 cm³/mol. The van der Waals surface area contributed by atoms with Gasteiger partial charge in [-0.1, -0.05) is 48.2 Å². The van der Waals surface area contributed by atoms with Crippen molar-refractivity contribution in [1.82, 2.24) is 9.55 Å². The van der Waals surface area contributed by atoms with Crippen molar-refractivity contribution < 1.29 is 19.1 Å². The first-order valence-electron chi connectivity index (χ1n) is 11.9. The fourth-order valence-electron chi connectivity index (χ4n) is 4.59. The van der Waals surface area contributed by atoms with Crippen molar-refractivity contribution >= 4 is 46.0 Å². The van der Waals surface area contributed by atoms with Gasteiger partial charge in [0.25, 0.3) is 0 Å². The maximum absolute atomic E-state index is 13.0. The second-order valence-electron chi connectivity index (χ2n) is 8.72. The van der Waals surface area contributed by atoms with Crippen LogP contribution in [0, 0.1) is 0 Å². The Kier molecular flexibility index (Phi) is 6.01. The Balaban J connectivity index is 1.22. The summed E-state index contributed by atoms with van der Waals surface area (Å²) in [5.41, 5.74) is 4.52. The summed E-state index contributed by atoms with van der Waals surface area (Å²) in [6, 6.07) is 27.0. The molecule has 0 atom stereocenters. The number of nitrogens with one attached hydrogen (secondary N) is 1. The number of carbonyl (C=O) groups excluding carboxylic acids is 3. The summed E-state index contributed by atoms with van der Waals surface area (Å²) in [6.07, 6.45) is 0. The zero-order chi connectivity index (χ0) is 26.2. The third-order valence-corrected chi connectivity index (χ3v) is 7.34. The molecule has 5 aromatic rings. The summed E-state index contributed by atoms with van der Waals surface area (Å²) in [4.78, 5) is 43.5. The van der Waals surface area contributed by atoms with Gasteiger partial charge in [-0.15, -0.1) is 0 Å². The summed E-state index contributed by atoms with van der Waals surface area (Å²) in [6.45, 7) is 0. The van der Waals surface area contributed by atoms with Gasteiger partial charge in [-0.3, -0.25) is 19.0 Å². The molecule has 1 aliphatic carbocycles. The highest BCUT2D eigenvalue weighted by molar-refractivity contribution is 7.99. The highest BCUT2D eigenvalue weighted by atomic mass is 32.2. The highest BCUT2D eigenvalue weighted by Crippen LogP contribution is 2.31. The molecule has 186 valence electrons. The maximum atomic E-state index is 13.0. The van der Waals surface area contributed by atoms with E-state index in [2.05, 4.69) is 5.32 Å². The normalized spacial score (nSPS) is 12.2. The number of rotatable bonds is 6. The molecule has 0 saturated heterocycles. The lowest BCUT2D eigenvalue weighted by atomic mass is 9.84. The lowest BCUT2D eigenvalue weighted by Crippen LogP contribution is -2.21. The molecule has 6 rings (SSSR count). The minimum atomic E-state index is -0.252. The van der Waals surface area contributed by atoms with Crippen LogP contribution < -0.4 is 10.1 Å². The largest absolute Gasteiger partial charge is 0.497 e. The van der Waals surface area contributed by atoms with Gasteiger partial charge in [0.05, 0.1) is 23.9 Å². The molecule has 0 bridgehead atoms. The average molecular weight is 520 g/mol. The topological polar surface area (TPSA) is 90.3 Å². The number of anilines is 1.